The lowest BCUT2D eigenvalue weighted by Gasteiger charge is -2.20. The number of rotatable bonds is 4. The third-order valence-corrected chi connectivity index (χ3v) is 7.69. The molecule has 12 heteroatoms. The van der Waals surface area contributed by atoms with E-state index >= 15 is 0 Å². The first-order valence-electron chi connectivity index (χ1n) is 10.9. The number of aromatic nitrogens is 3. The van der Waals surface area contributed by atoms with Crippen LogP contribution in [0.3, 0.4) is 0 Å². The highest BCUT2D eigenvalue weighted by atomic mass is 32.2. The van der Waals surface area contributed by atoms with Crippen molar-refractivity contribution in [3.8, 4) is 11.5 Å². The minimum absolute atomic E-state index is 0.0127. The molecule has 0 radical (unpaired) electrons. The van der Waals surface area contributed by atoms with E-state index in [0.29, 0.717) is 35.9 Å². The molecule has 0 aliphatic carbocycles. The summed E-state index contributed by atoms with van der Waals surface area (Å²) >= 11 is 0. The maximum absolute atomic E-state index is 13.0. The number of amides is 1. The zero-order valence-electron chi connectivity index (χ0n) is 18.9. The van der Waals surface area contributed by atoms with Gasteiger partial charge in [-0.15, -0.1) is 5.10 Å². The van der Waals surface area contributed by atoms with Crippen molar-refractivity contribution < 1.29 is 27.4 Å². The average Bonchev–Trinajstić information content (AvgIpc) is 3.38. The molecule has 4 bridgehead atoms. The van der Waals surface area contributed by atoms with Gasteiger partial charge in [0.1, 0.15) is 12.3 Å². The molecule has 2 aliphatic rings. The standard InChI is InChI=1S/C21H29N5O6S/c1-14(2)13-33(28,29)26-10-17-20(11-26)32-12-16-9-25(24-23-16)6-7-31-19-8-15(21(27)22-17)4-5-18(19)30-3/h4-5,8-9,14,17,20H,6-7,10-13H2,1-3H3,(H,22,27)/t17-,20-/m0/s1. The average molecular weight is 480 g/mol. The number of fused-ring (bicyclic) bond motifs is 5. The molecule has 1 aromatic heterocycles. The molecule has 3 heterocycles. The van der Waals surface area contributed by atoms with Crippen molar-refractivity contribution in [3.05, 3.63) is 35.7 Å². The molecule has 0 spiro atoms. The van der Waals surface area contributed by atoms with Crippen molar-refractivity contribution in [1.82, 2.24) is 24.6 Å². The first-order valence-corrected chi connectivity index (χ1v) is 12.5. The van der Waals surface area contributed by atoms with Gasteiger partial charge in [0.25, 0.3) is 5.91 Å². The summed E-state index contributed by atoms with van der Waals surface area (Å²) in [5.74, 6) is 0.613. The fraction of sp³-hybridized carbons (Fsp3) is 0.571. The van der Waals surface area contributed by atoms with Crippen LogP contribution in [0.1, 0.15) is 29.9 Å². The van der Waals surface area contributed by atoms with Gasteiger partial charge in [-0.3, -0.25) is 4.79 Å². The molecule has 33 heavy (non-hydrogen) atoms. The Labute approximate surface area is 193 Å². The Morgan fingerprint density at radius 2 is 2.12 bits per heavy atom. The van der Waals surface area contributed by atoms with Gasteiger partial charge >= 0.3 is 0 Å². The maximum Gasteiger partial charge on any atom is 0.251 e. The lowest BCUT2D eigenvalue weighted by Crippen LogP contribution is -2.44. The van der Waals surface area contributed by atoms with E-state index in [-0.39, 0.29) is 37.3 Å². The van der Waals surface area contributed by atoms with Crippen LogP contribution < -0.4 is 14.8 Å². The highest BCUT2D eigenvalue weighted by molar-refractivity contribution is 7.89. The highest BCUT2D eigenvalue weighted by Gasteiger charge is 2.40. The quantitative estimate of drug-likeness (QED) is 0.678. The summed E-state index contributed by atoms with van der Waals surface area (Å²) in [7, 11) is -1.95. The summed E-state index contributed by atoms with van der Waals surface area (Å²) in [6.07, 6.45) is 1.23. The molecule has 2 atom stereocenters. The Hall–Kier alpha value is -2.70. The van der Waals surface area contributed by atoms with Crippen LogP contribution in [0.5, 0.6) is 11.5 Å². The zero-order valence-corrected chi connectivity index (χ0v) is 19.7. The van der Waals surface area contributed by atoms with Crippen LogP contribution in [0.15, 0.2) is 24.4 Å². The Kier molecular flexibility index (Phi) is 6.86. The van der Waals surface area contributed by atoms with Crippen molar-refractivity contribution >= 4 is 15.9 Å². The number of methoxy groups -OCH3 is 1. The number of hydrogen-bond donors (Lipinski definition) is 1. The highest BCUT2D eigenvalue weighted by Crippen LogP contribution is 2.29. The molecule has 1 N–H and O–H groups in total. The van der Waals surface area contributed by atoms with Gasteiger partial charge in [-0.05, 0) is 24.1 Å². The number of ether oxygens (including phenoxy) is 3. The molecule has 1 amide bonds. The summed E-state index contributed by atoms with van der Waals surface area (Å²) < 4.78 is 45.9. The number of hydrogen-bond acceptors (Lipinski definition) is 8. The second-order valence-corrected chi connectivity index (χ2v) is 10.6. The number of carbonyl (C=O) groups is 1. The largest absolute Gasteiger partial charge is 0.493 e. The van der Waals surface area contributed by atoms with Crippen LogP contribution in [-0.2, 0) is 27.9 Å². The van der Waals surface area contributed by atoms with Crippen molar-refractivity contribution in [2.45, 2.75) is 39.1 Å². The Balaban J connectivity index is 1.63. The molecular formula is C21H29N5O6S. The number of nitrogens with one attached hydrogen (secondary N) is 1. The van der Waals surface area contributed by atoms with Crippen LogP contribution in [0.2, 0.25) is 0 Å². The van der Waals surface area contributed by atoms with Gasteiger partial charge in [0.15, 0.2) is 11.5 Å². The second-order valence-electron chi connectivity index (χ2n) is 8.61. The predicted molar refractivity (Wildman–Crippen MR) is 119 cm³/mol. The van der Waals surface area contributed by atoms with Gasteiger partial charge in [0, 0.05) is 18.7 Å². The summed E-state index contributed by atoms with van der Waals surface area (Å²) in [5.41, 5.74) is 0.988. The Morgan fingerprint density at radius 3 is 2.88 bits per heavy atom. The molecule has 2 aliphatic heterocycles. The fourth-order valence-corrected chi connectivity index (χ4v) is 5.75. The smallest absolute Gasteiger partial charge is 0.251 e. The number of sulfonamides is 1. The van der Waals surface area contributed by atoms with E-state index in [1.165, 1.54) is 11.4 Å². The van der Waals surface area contributed by atoms with Crippen molar-refractivity contribution in [2.24, 2.45) is 5.92 Å². The molecule has 0 saturated carbocycles. The fourth-order valence-electron chi connectivity index (χ4n) is 3.94. The van der Waals surface area contributed by atoms with E-state index in [9.17, 15) is 13.2 Å². The number of nitrogens with zero attached hydrogens (tertiary/aromatic N) is 4. The normalized spacial score (nSPS) is 22.1. The molecule has 1 fully saturated rings. The van der Waals surface area contributed by atoms with Crippen LogP contribution >= 0.6 is 0 Å². The molecule has 11 nitrogen and oxygen atoms in total. The summed E-state index contributed by atoms with van der Waals surface area (Å²) in [5, 5.41) is 11.1. The van der Waals surface area contributed by atoms with Crippen LogP contribution in [0.25, 0.3) is 0 Å². The van der Waals surface area contributed by atoms with Crippen molar-refractivity contribution in [2.75, 3.05) is 32.6 Å². The van der Waals surface area contributed by atoms with Crippen LogP contribution in [0.4, 0.5) is 0 Å². The molecule has 0 unspecified atom stereocenters. The van der Waals surface area contributed by atoms with E-state index < -0.39 is 22.2 Å². The second kappa shape index (κ2) is 9.65. The zero-order chi connectivity index (χ0) is 23.6. The monoisotopic (exact) mass is 479 g/mol. The summed E-state index contributed by atoms with van der Waals surface area (Å²) in [4.78, 5) is 13.0. The first-order chi connectivity index (χ1) is 15.7. The number of benzene rings is 1. The lowest BCUT2D eigenvalue weighted by atomic mass is 10.1. The first kappa shape index (κ1) is 23.5. The van der Waals surface area contributed by atoms with Gasteiger partial charge in [0.2, 0.25) is 10.0 Å². The van der Waals surface area contributed by atoms with Gasteiger partial charge in [0.05, 0.1) is 44.4 Å². The molecule has 1 aromatic carbocycles. The minimum atomic E-state index is -3.48. The Morgan fingerprint density at radius 1 is 1.30 bits per heavy atom. The predicted octanol–water partition coefficient (Wildman–Crippen LogP) is 0.664. The molecule has 180 valence electrons. The van der Waals surface area contributed by atoms with E-state index in [1.807, 2.05) is 13.8 Å². The SMILES string of the molecule is COc1ccc2cc1OCCn1cc(nn1)CO[C@H]1CN(S(=O)(=O)CC(C)C)C[C@@H]1NC2=O. The third kappa shape index (κ3) is 5.45. The van der Waals surface area contributed by atoms with Gasteiger partial charge < -0.3 is 19.5 Å². The summed E-state index contributed by atoms with van der Waals surface area (Å²) in [6, 6.07) is 4.39. The van der Waals surface area contributed by atoms with E-state index in [4.69, 9.17) is 14.2 Å². The number of carbonyl (C=O) groups excluding carboxylic acids is 1. The maximum atomic E-state index is 13.0. The summed E-state index contributed by atoms with van der Waals surface area (Å²) in [6.45, 7) is 4.91. The molecule has 2 aromatic rings. The molecule has 1 saturated heterocycles. The Bertz CT molecular complexity index is 1100. The lowest BCUT2D eigenvalue weighted by molar-refractivity contribution is 0.0321. The van der Waals surface area contributed by atoms with E-state index in [0.717, 1.165) is 0 Å². The molecular weight excluding hydrogens is 450 g/mol. The van der Waals surface area contributed by atoms with Crippen LogP contribution in [0, 0.1) is 5.92 Å². The minimum Gasteiger partial charge on any atom is -0.493 e. The van der Waals surface area contributed by atoms with Crippen LogP contribution in [-0.4, -0.2) is 78.3 Å². The van der Waals surface area contributed by atoms with Crippen molar-refractivity contribution in [1.29, 1.82) is 0 Å². The van der Waals surface area contributed by atoms with Gasteiger partial charge in [-0.25, -0.2) is 13.1 Å². The van der Waals surface area contributed by atoms with Gasteiger partial charge in [-0.2, -0.15) is 4.31 Å². The van der Waals surface area contributed by atoms with E-state index in [2.05, 4.69) is 15.6 Å². The van der Waals surface area contributed by atoms with Crippen molar-refractivity contribution in [3.63, 3.8) is 0 Å². The molecule has 4 rings (SSSR count). The topological polar surface area (TPSA) is 125 Å². The van der Waals surface area contributed by atoms with Gasteiger partial charge in [-0.1, -0.05) is 19.1 Å². The van der Waals surface area contributed by atoms with E-state index in [1.54, 1.807) is 29.1 Å². The third-order valence-electron chi connectivity index (χ3n) is 5.52.